The summed E-state index contributed by atoms with van der Waals surface area (Å²) in [5.41, 5.74) is 2.27. The largest absolute Gasteiger partial charge is 0.497 e. The number of nitrogens with one attached hydrogen (secondary N) is 1. The standard InChI is InChI=1S/C21H19F3N2O4S/c1-28-15-7-8-16(18(9-15)29-2)17-11-31-20(25-17)26-19(27)14-5-3-13(4-6-14)10-30-12-21(22,23)24/h3-9,11H,10,12H2,1-2H3,(H,25,26,27). The van der Waals surface area contributed by atoms with Crippen LogP contribution in [0.25, 0.3) is 11.3 Å². The van der Waals surface area contributed by atoms with E-state index in [1.807, 2.05) is 6.07 Å². The van der Waals surface area contributed by atoms with Gasteiger partial charge >= 0.3 is 6.18 Å². The zero-order chi connectivity index (χ0) is 22.4. The maximum Gasteiger partial charge on any atom is 0.411 e. The monoisotopic (exact) mass is 452 g/mol. The first-order chi connectivity index (χ1) is 14.8. The Labute approximate surface area is 180 Å². The number of hydrogen-bond donors (Lipinski definition) is 1. The van der Waals surface area contributed by atoms with E-state index in [0.717, 1.165) is 5.56 Å². The number of alkyl halides is 3. The van der Waals surface area contributed by atoms with E-state index in [-0.39, 0.29) is 12.5 Å². The first-order valence-corrected chi connectivity index (χ1v) is 9.90. The molecule has 0 atom stereocenters. The Kier molecular flexibility index (Phi) is 7.13. The summed E-state index contributed by atoms with van der Waals surface area (Å²) in [6, 6.07) is 11.5. The number of aromatic nitrogens is 1. The quantitative estimate of drug-likeness (QED) is 0.511. The molecular formula is C21H19F3N2O4S. The van der Waals surface area contributed by atoms with E-state index in [1.165, 1.54) is 23.5 Å². The van der Waals surface area contributed by atoms with Crippen LogP contribution in [0.2, 0.25) is 0 Å². The van der Waals surface area contributed by atoms with E-state index in [4.69, 9.17) is 9.47 Å². The molecule has 1 aromatic heterocycles. The molecule has 0 saturated heterocycles. The fourth-order valence-corrected chi connectivity index (χ4v) is 3.38. The molecule has 0 aliphatic carbocycles. The van der Waals surface area contributed by atoms with E-state index in [0.29, 0.717) is 33.5 Å². The fraction of sp³-hybridized carbons (Fsp3) is 0.238. The van der Waals surface area contributed by atoms with E-state index < -0.39 is 12.8 Å². The van der Waals surface area contributed by atoms with E-state index >= 15 is 0 Å². The van der Waals surface area contributed by atoms with Crippen LogP contribution in [0, 0.1) is 0 Å². The second-order valence-corrected chi connectivity index (χ2v) is 7.22. The molecule has 0 aliphatic heterocycles. The molecule has 0 bridgehead atoms. The van der Waals surface area contributed by atoms with Gasteiger partial charge in [0.1, 0.15) is 18.1 Å². The molecule has 0 saturated carbocycles. The number of halogens is 3. The minimum Gasteiger partial charge on any atom is -0.497 e. The third-order valence-electron chi connectivity index (χ3n) is 4.16. The lowest BCUT2D eigenvalue weighted by molar-refractivity contribution is -0.176. The second kappa shape index (κ2) is 9.80. The average Bonchev–Trinajstić information content (AvgIpc) is 3.21. The Morgan fingerprint density at radius 3 is 2.48 bits per heavy atom. The Hall–Kier alpha value is -3.11. The van der Waals surface area contributed by atoms with Gasteiger partial charge in [0.15, 0.2) is 5.13 Å². The van der Waals surface area contributed by atoms with Crippen molar-refractivity contribution in [2.75, 3.05) is 26.1 Å². The zero-order valence-corrected chi connectivity index (χ0v) is 17.5. The average molecular weight is 452 g/mol. The number of methoxy groups -OCH3 is 2. The summed E-state index contributed by atoms with van der Waals surface area (Å²) in [6.45, 7) is -1.51. The van der Waals surface area contributed by atoms with Crippen molar-refractivity contribution in [1.29, 1.82) is 0 Å². The van der Waals surface area contributed by atoms with Crippen LogP contribution in [0.4, 0.5) is 18.3 Å². The van der Waals surface area contributed by atoms with Crippen LogP contribution in [0.5, 0.6) is 11.5 Å². The number of nitrogens with zero attached hydrogens (tertiary/aromatic N) is 1. The van der Waals surface area contributed by atoms with Crippen molar-refractivity contribution in [2.45, 2.75) is 12.8 Å². The van der Waals surface area contributed by atoms with Crippen molar-refractivity contribution in [2.24, 2.45) is 0 Å². The number of carbonyl (C=O) groups is 1. The minimum atomic E-state index is -4.37. The predicted octanol–water partition coefficient (Wildman–Crippen LogP) is 5.16. The van der Waals surface area contributed by atoms with Gasteiger partial charge in [-0.05, 0) is 29.8 Å². The Balaban J connectivity index is 1.64. The number of benzene rings is 2. The van der Waals surface area contributed by atoms with Crippen molar-refractivity contribution in [1.82, 2.24) is 4.98 Å². The lowest BCUT2D eigenvalue weighted by atomic mass is 10.1. The van der Waals surface area contributed by atoms with Crippen LogP contribution in [0.3, 0.4) is 0 Å². The highest BCUT2D eigenvalue weighted by Gasteiger charge is 2.27. The SMILES string of the molecule is COc1ccc(-c2csc(NC(=O)c3ccc(COCC(F)(F)F)cc3)n2)c(OC)c1. The van der Waals surface area contributed by atoms with Gasteiger partial charge in [0.25, 0.3) is 5.91 Å². The summed E-state index contributed by atoms with van der Waals surface area (Å²) < 4.78 is 51.6. The van der Waals surface area contributed by atoms with E-state index in [1.54, 1.807) is 43.9 Å². The Bertz CT molecular complexity index is 1040. The normalized spacial score (nSPS) is 11.3. The molecule has 0 aliphatic rings. The molecule has 1 amide bonds. The van der Waals surface area contributed by atoms with Gasteiger partial charge in [-0.15, -0.1) is 11.3 Å². The summed E-state index contributed by atoms with van der Waals surface area (Å²) in [5, 5.41) is 4.91. The summed E-state index contributed by atoms with van der Waals surface area (Å²) in [4.78, 5) is 16.9. The van der Waals surface area contributed by atoms with Gasteiger partial charge in [-0.25, -0.2) is 4.98 Å². The molecule has 0 radical (unpaired) electrons. The predicted molar refractivity (Wildman–Crippen MR) is 111 cm³/mol. The number of amides is 1. The third-order valence-corrected chi connectivity index (χ3v) is 4.92. The molecule has 10 heteroatoms. The Morgan fingerprint density at radius 2 is 1.84 bits per heavy atom. The lowest BCUT2D eigenvalue weighted by Crippen LogP contribution is -2.16. The molecule has 164 valence electrons. The molecule has 2 aromatic carbocycles. The molecule has 6 nitrogen and oxygen atoms in total. The molecule has 1 heterocycles. The van der Waals surface area contributed by atoms with Crippen LogP contribution in [0.15, 0.2) is 47.8 Å². The van der Waals surface area contributed by atoms with Gasteiger partial charge in [-0.1, -0.05) is 12.1 Å². The van der Waals surface area contributed by atoms with Crippen molar-refractivity contribution in [3.8, 4) is 22.8 Å². The summed E-state index contributed by atoms with van der Waals surface area (Å²) >= 11 is 1.26. The number of hydrogen-bond acceptors (Lipinski definition) is 6. The molecular weight excluding hydrogens is 433 g/mol. The summed E-state index contributed by atoms with van der Waals surface area (Å²) in [5.74, 6) is 0.854. The van der Waals surface area contributed by atoms with E-state index in [2.05, 4.69) is 15.0 Å². The summed E-state index contributed by atoms with van der Waals surface area (Å²) in [6.07, 6.45) is -4.37. The highest BCUT2D eigenvalue weighted by molar-refractivity contribution is 7.14. The highest BCUT2D eigenvalue weighted by Crippen LogP contribution is 2.34. The molecule has 3 aromatic rings. The highest BCUT2D eigenvalue weighted by atomic mass is 32.1. The number of ether oxygens (including phenoxy) is 3. The van der Waals surface area contributed by atoms with Gasteiger partial charge in [0, 0.05) is 22.6 Å². The van der Waals surface area contributed by atoms with Crippen molar-refractivity contribution in [3.63, 3.8) is 0 Å². The smallest absolute Gasteiger partial charge is 0.411 e. The lowest BCUT2D eigenvalue weighted by Gasteiger charge is -2.08. The van der Waals surface area contributed by atoms with Gasteiger partial charge in [-0.2, -0.15) is 13.2 Å². The Morgan fingerprint density at radius 1 is 1.10 bits per heavy atom. The van der Waals surface area contributed by atoms with Gasteiger partial charge < -0.3 is 14.2 Å². The van der Waals surface area contributed by atoms with Crippen LogP contribution >= 0.6 is 11.3 Å². The molecule has 1 N–H and O–H groups in total. The van der Waals surface area contributed by atoms with Crippen LogP contribution in [-0.2, 0) is 11.3 Å². The van der Waals surface area contributed by atoms with Gasteiger partial charge in [0.05, 0.1) is 26.5 Å². The molecule has 0 spiro atoms. The fourth-order valence-electron chi connectivity index (χ4n) is 2.67. The second-order valence-electron chi connectivity index (χ2n) is 6.36. The van der Waals surface area contributed by atoms with E-state index in [9.17, 15) is 18.0 Å². The van der Waals surface area contributed by atoms with Gasteiger partial charge in [0.2, 0.25) is 0 Å². The zero-order valence-electron chi connectivity index (χ0n) is 16.7. The molecule has 0 fully saturated rings. The number of anilines is 1. The maximum absolute atomic E-state index is 12.5. The molecule has 31 heavy (non-hydrogen) atoms. The molecule has 3 rings (SSSR count). The van der Waals surface area contributed by atoms with Crippen molar-refractivity contribution >= 4 is 22.4 Å². The first kappa shape index (κ1) is 22.6. The van der Waals surface area contributed by atoms with Crippen molar-refractivity contribution in [3.05, 3.63) is 59.0 Å². The topological polar surface area (TPSA) is 69.7 Å². The number of thiazole rings is 1. The molecule has 0 unspecified atom stereocenters. The van der Waals surface area contributed by atoms with Crippen LogP contribution in [0.1, 0.15) is 15.9 Å². The number of rotatable bonds is 8. The van der Waals surface area contributed by atoms with Crippen LogP contribution < -0.4 is 14.8 Å². The minimum absolute atomic E-state index is 0.194. The number of carbonyl (C=O) groups excluding carboxylic acids is 1. The third kappa shape index (κ3) is 6.19. The van der Waals surface area contributed by atoms with Crippen LogP contribution in [-0.4, -0.2) is 37.9 Å². The van der Waals surface area contributed by atoms with Crippen molar-refractivity contribution < 1.29 is 32.2 Å². The van der Waals surface area contributed by atoms with Gasteiger partial charge in [-0.3, -0.25) is 10.1 Å². The maximum atomic E-state index is 12.5. The summed E-state index contributed by atoms with van der Waals surface area (Å²) in [7, 11) is 3.11. The first-order valence-electron chi connectivity index (χ1n) is 9.02.